The quantitative estimate of drug-likeness (QED) is 0.612. The average Bonchev–Trinajstić information content (AvgIpc) is 2.60. The lowest BCUT2D eigenvalue weighted by atomic mass is 10.1. The number of rotatable bonds is 5. The topological polar surface area (TPSA) is 113 Å². The normalized spacial score (nSPS) is 14.7. The molecule has 132 valence electrons. The van der Waals surface area contributed by atoms with E-state index in [9.17, 15) is 19.2 Å². The number of carboxylic acids is 1. The molecule has 2 rings (SSSR count). The van der Waals surface area contributed by atoms with Crippen LogP contribution in [0.4, 0.5) is 4.79 Å². The number of carbonyl (C=O) groups is 4. The van der Waals surface area contributed by atoms with E-state index in [1.165, 1.54) is 45.5 Å². The Morgan fingerprint density at radius 3 is 2.24 bits per heavy atom. The molecule has 25 heavy (non-hydrogen) atoms. The molecule has 0 aliphatic carbocycles. The molecule has 0 aromatic heterocycles. The van der Waals surface area contributed by atoms with Gasteiger partial charge in [-0.3, -0.25) is 19.4 Å². The van der Waals surface area contributed by atoms with Crippen molar-refractivity contribution in [2.75, 3.05) is 27.8 Å². The number of ether oxygens (including phenoxy) is 2. The van der Waals surface area contributed by atoms with Crippen LogP contribution in [0.5, 0.6) is 11.5 Å². The highest BCUT2D eigenvalue weighted by Gasteiger charge is 2.37. The number of urea groups is 1. The smallest absolute Gasteiger partial charge is 0.341 e. The van der Waals surface area contributed by atoms with Gasteiger partial charge in [0, 0.05) is 14.1 Å². The van der Waals surface area contributed by atoms with Gasteiger partial charge in [-0.05, 0) is 23.8 Å². The Bertz CT molecular complexity index is 759. The van der Waals surface area contributed by atoms with Crippen molar-refractivity contribution >= 4 is 29.9 Å². The first-order valence-electron chi connectivity index (χ1n) is 7.10. The summed E-state index contributed by atoms with van der Waals surface area (Å²) in [5.74, 6) is -2.11. The molecule has 1 aliphatic rings. The van der Waals surface area contributed by atoms with Crippen LogP contribution in [-0.2, 0) is 14.4 Å². The zero-order valence-electron chi connectivity index (χ0n) is 13.8. The number of barbiturate groups is 1. The van der Waals surface area contributed by atoms with Gasteiger partial charge in [0.25, 0.3) is 11.8 Å². The van der Waals surface area contributed by atoms with Gasteiger partial charge < -0.3 is 14.6 Å². The van der Waals surface area contributed by atoms with E-state index in [2.05, 4.69) is 0 Å². The fourth-order valence-corrected chi connectivity index (χ4v) is 2.17. The van der Waals surface area contributed by atoms with Gasteiger partial charge in [-0.15, -0.1) is 0 Å². The van der Waals surface area contributed by atoms with Crippen molar-refractivity contribution in [3.8, 4) is 11.5 Å². The number of carboxylic acid groups (broad SMARTS) is 1. The Hall–Kier alpha value is -3.36. The Morgan fingerprint density at radius 1 is 1.12 bits per heavy atom. The lowest BCUT2D eigenvalue weighted by molar-refractivity contribution is -0.139. The summed E-state index contributed by atoms with van der Waals surface area (Å²) in [7, 11) is 3.94. The fraction of sp³-hybridized carbons (Fsp3) is 0.250. The lowest BCUT2D eigenvalue weighted by Crippen LogP contribution is -2.52. The monoisotopic (exact) mass is 348 g/mol. The molecule has 0 radical (unpaired) electrons. The fourth-order valence-electron chi connectivity index (χ4n) is 2.17. The number of aliphatic carboxylic acids is 1. The summed E-state index contributed by atoms with van der Waals surface area (Å²) >= 11 is 0. The van der Waals surface area contributed by atoms with Gasteiger partial charge in [0.15, 0.2) is 18.1 Å². The van der Waals surface area contributed by atoms with E-state index in [1.54, 1.807) is 0 Å². The van der Waals surface area contributed by atoms with E-state index < -0.39 is 30.4 Å². The lowest BCUT2D eigenvalue weighted by Gasteiger charge is -2.28. The predicted molar refractivity (Wildman–Crippen MR) is 85.0 cm³/mol. The molecular formula is C16H16N2O7. The number of likely N-dealkylation sites (N-methyl/N-ethyl adjacent to an activating group) is 2. The number of hydrogen-bond acceptors (Lipinski definition) is 6. The highest BCUT2D eigenvalue weighted by atomic mass is 16.5. The van der Waals surface area contributed by atoms with Crippen molar-refractivity contribution in [1.29, 1.82) is 0 Å². The van der Waals surface area contributed by atoms with Gasteiger partial charge in [-0.1, -0.05) is 6.07 Å². The maximum Gasteiger partial charge on any atom is 0.341 e. The molecular weight excluding hydrogens is 332 g/mol. The maximum absolute atomic E-state index is 12.2. The number of amides is 4. The molecule has 9 heteroatoms. The molecule has 1 saturated heterocycles. The Balaban J connectivity index is 2.36. The van der Waals surface area contributed by atoms with E-state index in [1.807, 2.05) is 0 Å². The zero-order valence-corrected chi connectivity index (χ0v) is 13.8. The van der Waals surface area contributed by atoms with E-state index in [0.717, 1.165) is 9.80 Å². The minimum atomic E-state index is -1.14. The first-order valence-corrected chi connectivity index (χ1v) is 7.10. The highest BCUT2D eigenvalue weighted by Crippen LogP contribution is 2.29. The van der Waals surface area contributed by atoms with E-state index in [0.29, 0.717) is 5.56 Å². The van der Waals surface area contributed by atoms with E-state index in [4.69, 9.17) is 14.6 Å². The van der Waals surface area contributed by atoms with Crippen LogP contribution in [0.15, 0.2) is 23.8 Å². The van der Waals surface area contributed by atoms with Gasteiger partial charge >= 0.3 is 12.0 Å². The molecule has 1 fully saturated rings. The Labute approximate surface area is 143 Å². The first kappa shape index (κ1) is 18.0. The van der Waals surface area contributed by atoms with Gasteiger partial charge in [-0.2, -0.15) is 0 Å². The minimum absolute atomic E-state index is 0.175. The number of imide groups is 2. The Kier molecular flexibility index (Phi) is 5.06. The highest BCUT2D eigenvalue weighted by molar-refractivity contribution is 6.30. The van der Waals surface area contributed by atoms with E-state index >= 15 is 0 Å². The van der Waals surface area contributed by atoms with E-state index in [-0.39, 0.29) is 17.1 Å². The molecule has 1 heterocycles. The van der Waals surface area contributed by atoms with Gasteiger partial charge in [0.05, 0.1) is 7.11 Å². The van der Waals surface area contributed by atoms with Crippen LogP contribution in [-0.4, -0.2) is 66.5 Å². The van der Waals surface area contributed by atoms with Gasteiger partial charge in [-0.25, -0.2) is 9.59 Å². The summed E-state index contributed by atoms with van der Waals surface area (Å²) < 4.78 is 10.2. The summed E-state index contributed by atoms with van der Waals surface area (Å²) in [6, 6.07) is 3.78. The second-order valence-corrected chi connectivity index (χ2v) is 5.16. The number of methoxy groups -OCH3 is 1. The summed E-state index contributed by atoms with van der Waals surface area (Å²) in [6.45, 7) is -0.536. The summed E-state index contributed by atoms with van der Waals surface area (Å²) in [5.41, 5.74) is 0.276. The first-order chi connectivity index (χ1) is 11.8. The number of carbonyl (C=O) groups excluding carboxylic acids is 3. The van der Waals surface area contributed by atoms with Crippen molar-refractivity contribution in [1.82, 2.24) is 9.80 Å². The van der Waals surface area contributed by atoms with Crippen LogP contribution in [0.25, 0.3) is 6.08 Å². The number of hydrogen-bond donors (Lipinski definition) is 1. The van der Waals surface area contributed by atoms with Crippen molar-refractivity contribution in [3.63, 3.8) is 0 Å². The Morgan fingerprint density at radius 2 is 1.72 bits per heavy atom. The SMILES string of the molecule is COc1cc(C=C2C(=O)N(C)C(=O)N(C)C2=O)ccc1OCC(=O)O. The molecule has 1 aliphatic heterocycles. The molecule has 0 spiro atoms. The van der Waals surface area contributed by atoms with Crippen LogP contribution >= 0.6 is 0 Å². The van der Waals surface area contributed by atoms with Crippen LogP contribution < -0.4 is 9.47 Å². The third kappa shape index (κ3) is 3.60. The second kappa shape index (κ2) is 7.04. The molecule has 0 saturated carbocycles. The summed E-state index contributed by atoms with van der Waals surface area (Å²) in [5, 5.41) is 8.65. The summed E-state index contributed by atoms with van der Waals surface area (Å²) in [6.07, 6.45) is 1.33. The molecule has 0 atom stereocenters. The van der Waals surface area contributed by atoms with Crippen molar-refractivity contribution < 1.29 is 33.8 Å². The predicted octanol–water partition coefficient (Wildman–Crippen LogP) is 0.592. The van der Waals surface area contributed by atoms with Crippen LogP contribution in [0.1, 0.15) is 5.56 Å². The van der Waals surface area contributed by atoms with Crippen LogP contribution in [0, 0.1) is 0 Å². The third-order valence-electron chi connectivity index (χ3n) is 3.49. The number of benzene rings is 1. The third-order valence-corrected chi connectivity index (χ3v) is 3.49. The zero-order chi connectivity index (χ0) is 18.7. The molecule has 0 unspecified atom stereocenters. The molecule has 1 N–H and O–H groups in total. The standard InChI is InChI=1S/C16H16N2O7/c1-17-14(21)10(15(22)18(2)16(17)23)6-9-4-5-11(12(7-9)24-3)25-8-13(19)20/h4-7H,8H2,1-3H3,(H,19,20). The molecule has 0 bridgehead atoms. The van der Waals surface area contributed by atoms with Gasteiger partial charge in [0.1, 0.15) is 5.57 Å². The average molecular weight is 348 g/mol. The summed E-state index contributed by atoms with van der Waals surface area (Å²) in [4.78, 5) is 48.3. The van der Waals surface area contributed by atoms with Crippen molar-refractivity contribution in [3.05, 3.63) is 29.3 Å². The maximum atomic E-state index is 12.2. The van der Waals surface area contributed by atoms with Crippen molar-refractivity contribution in [2.45, 2.75) is 0 Å². The minimum Gasteiger partial charge on any atom is -0.493 e. The second-order valence-electron chi connectivity index (χ2n) is 5.16. The molecule has 4 amide bonds. The molecule has 1 aromatic rings. The van der Waals surface area contributed by atoms with Crippen LogP contribution in [0.3, 0.4) is 0 Å². The van der Waals surface area contributed by atoms with Crippen molar-refractivity contribution in [2.24, 2.45) is 0 Å². The largest absolute Gasteiger partial charge is 0.493 e. The van der Waals surface area contributed by atoms with Crippen LogP contribution in [0.2, 0.25) is 0 Å². The number of nitrogens with zero attached hydrogens (tertiary/aromatic N) is 2. The molecule has 9 nitrogen and oxygen atoms in total. The van der Waals surface area contributed by atoms with Gasteiger partial charge in [0.2, 0.25) is 0 Å². The molecule has 1 aromatic carbocycles.